The number of carbonyl (C=O) groups excluding carboxylic acids is 1. The lowest BCUT2D eigenvalue weighted by Crippen LogP contribution is -2.31. The van der Waals surface area contributed by atoms with Gasteiger partial charge in [0.15, 0.2) is 0 Å². The largest absolute Gasteiger partial charge is 0.350 e. The van der Waals surface area contributed by atoms with Crippen molar-refractivity contribution in [3.63, 3.8) is 0 Å². The number of aryl methyl sites for hydroxylation is 2. The summed E-state index contributed by atoms with van der Waals surface area (Å²) < 4.78 is 2.98. The molecule has 25 heavy (non-hydrogen) atoms. The highest BCUT2D eigenvalue weighted by Crippen LogP contribution is 2.26. The van der Waals surface area contributed by atoms with E-state index in [1.54, 1.807) is 10.7 Å². The van der Waals surface area contributed by atoms with E-state index in [9.17, 15) is 14.4 Å². The zero-order valence-electron chi connectivity index (χ0n) is 13.5. The Labute approximate surface area is 147 Å². The van der Waals surface area contributed by atoms with E-state index in [0.29, 0.717) is 10.7 Å². The highest BCUT2D eigenvalue weighted by Gasteiger charge is 2.12. The van der Waals surface area contributed by atoms with E-state index in [1.807, 2.05) is 19.2 Å². The Bertz CT molecular complexity index is 1050. The van der Waals surface area contributed by atoms with Crippen molar-refractivity contribution < 1.29 is 4.79 Å². The fraction of sp³-hybridized carbons (Fsp3) is 0.250. The molecule has 2 heterocycles. The molecule has 3 rings (SSSR count). The van der Waals surface area contributed by atoms with E-state index < -0.39 is 11.2 Å². The molecule has 1 amide bonds. The average molecular weight is 362 g/mol. The Hall–Kier alpha value is -2.87. The van der Waals surface area contributed by atoms with Crippen molar-refractivity contribution >= 4 is 28.4 Å². The quantitative estimate of drug-likeness (QED) is 0.701. The summed E-state index contributed by atoms with van der Waals surface area (Å²) in [4.78, 5) is 36.7. The third-order valence-corrected chi connectivity index (χ3v) is 4.14. The van der Waals surface area contributed by atoms with Crippen molar-refractivity contribution in [2.24, 2.45) is 7.05 Å². The SMILES string of the molecule is Cn1nc(CNC(=O)CCn2ccc(=O)[nH]c2=O)c2c(Cl)cccc21. The lowest BCUT2D eigenvalue weighted by atomic mass is 10.2. The number of nitrogens with zero attached hydrogens (tertiary/aromatic N) is 3. The highest BCUT2D eigenvalue weighted by molar-refractivity contribution is 6.35. The van der Waals surface area contributed by atoms with Gasteiger partial charge in [-0.3, -0.25) is 19.3 Å². The van der Waals surface area contributed by atoms with Crippen LogP contribution in [-0.2, 0) is 24.9 Å². The molecule has 0 bridgehead atoms. The predicted molar refractivity (Wildman–Crippen MR) is 93.5 cm³/mol. The van der Waals surface area contributed by atoms with Gasteiger partial charge in [-0.1, -0.05) is 17.7 Å². The van der Waals surface area contributed by atoms with Crippen molar-refractivity contribution in [3.05, 3.63) is 62.0 Å². The molecule has 0 aliphatic heterocycles. The first kappa shape index (κ1) is 17.0. The number of hydrogen-bond donors (Lipinski definition) is 2. The lowest BCUT2D eigenvalue weighted by molar-refractivity contribution is -0.121. The van der Waals surface area contributed by atoms with Crippen LogP contribution in [0.4, 0.5) is 0 Å². The first-order valence-corrected chi connectivity index (χ1v) is 8.00. The maximum absolute atomic E-state index is 12.0. The molecule has 1 aromatic carbocycles. The van der Waals surface area contributed by atoms with Crippen LogP contribution < -0.4 is 16.6 Å². The second-order valence-electron chi connectivity index (χ2n) is 5.53. The average Bonchev–Trinajstić information content (AvgIpc) is 2.90. The summed E-state index contributed by atoms with van der Waals surface area (Å²) in [5.41, 5.74) is 0.557. The highest BCUT2D eigenvalue weighted by atomic mass is 35.5. The number of aromatic nitrogens is 4. The van der Waals surface area contributed by atoms with E-state index >= 15 is 0 Å². The summed E-state index contributed by atoms with van der Waals surface area (Å²) in [6, 6.07) is 6.76. The molecule has 0 unspecified atom stereocenters. The zero-order chi connectivity index (χ0) is 18.0. The summed E-state index contributed by atoms with van der Waals surface area (Å²) in [6.07, 6.45) is 1.46. The Balaban J connectivity index is 1.65. The van der Waals surface area contributed by atoms with Gasteiger partial charge in [0, 0.05) is 37.7 Å². The minimum atomic E-state index is -0.539. The topological polar surface area (TPSA) is 102 Å². The Morgan fingerprint density at radius 1 is 1.32 bits per heavy atom. The van der Waals surface area contributed by atoms with Crippen molar-refractivity contribution in [2.45, 2.75) is 19.5 Å². The first-order chi connectivity index (χ1) is 12.0. The van der Waals surface area contributed by atoms with Crippen LogP contribution in [0, 0.1) is 0 Å². The second-order valence-corrected chi connectivity index (χ2v) is 5.94. The van der Waals surface area contributed by atoms with E-state index in [4.69, 9.17) is 11.6 Å². The fourth-order valence-electron chi connectivity index (χ4n) is 2.59. The number of carbonyl (C=O) groups is 1. The van der Waals surface area contributed by atoms with Crippen LogP contribution in [0.2, 0.25) is 5.02 Å². The van der Waals surface area contributed by atoms with Gasteiger partial charge in [-0.25, -0.2) is 4.79 Å². The molecule has 8 nitrogen and oxygen atoms in total. The summed E-state index contributed by atoms with van der Waals surface area (Å²) in [7, 11) is 1.81. The minimum Gasteiger partial charge on any atom is -0.350 e. The number of halogens is 1. The number of aromatic amines is 1. The molecule has 0 saturated carbocycles. The van der Waals surface area contributed by atoms with Crippen molar-refractivity contribution in [3.8, 4) is 0 Å². The second kappa shape index (κ2) is 6.94. The van der Waals surface area contributed by atoms with Crippen LogP contribution in [0.5, 0.6) is 0 Å². The number of nitrogens with one attached hydrogen (secondary N) is 2. The van der Waals surface area contributed by atoms with Gasteiger partial charge in [0.1, 0.15) is 0 Å². The molecule has 2 N–H and O–H groups in total. The Morgan fingerprint density at radius 2 is 2.12 bits per heavy atom. The van der Waals surface area contributed by atoms with Crippen LogP contribution in [-0.4, -0.2) is 25.2 Å². The molecular weight excluding hydrogens is 346 g/mol. The van der Waals surface area contributed by atoms with E-state index in [2.05, 4.69) is 15.4 Å². The van der Waals surface area contributed by atoms with Gasteiger partial charge in [0.05, 0.1) is 22.8 Å². The molecule has 0 aliphatic carbocycles. The number of hydrogen-bond acceptors (Lipinski definition) is 4. The molecular formula is C16H16ClN5O3. The van der Waals surface area contributed by atoms with Gasteiger partial charge in [-0.15, -0.1) is 0 Å². The Kier molecular flexibility index (Phi) is 4.71. The molecule has 0 aliphatic rings. The van der Waals surface area contributed by atoms with Crippen LogP contribution in [0.1, 0.15) is 12.1 Å². The summed E-state index contributed by atoms with van der Waals surface area (Å²) >= 11 is 6.23. The Morgan fingerprint density at radius 3 is 2.88 bits per heavy atom. The fourth-order valence-corrected chi connectivity index (χ4v) is 2.87. The maximum atomic E-state index is 12.0. The molecule has 0 spiro atoms. The third kappa shape index (κ3) is 3.63. The van der Waals surface area contributed by atoms with Gasteiger partial charge in [0.25, 0.3) is 5.56 Å². The molecule has 9 heteroatoms. The smallest absolute Gasteiger partial charge is 0.328 e. The molecule has 0 saturated heterocycles. The van der Waals surface area contributed by atoms with Crippen LogP contribution >= 0.6 is 11.6 Å². The molecule has 0 fully saturated rings. The number of fused-ring (bicyclic) bond motifs is 1. The number of H-pyrrole nitrogens is 1. The van der Waals surface area contributed by atoms with Gasteiger partial charge >= 0.3 is 5.69 Å². The van der Waals surface area contributed by atoms with Crippen molar-refractivity contribution in [1.29, 1.82) is 0 Å². The molecule has 0 radical (unpaired) electrons. The van der Waals surface area contributed by atoms with Gasteiger partial charge < -0.3 is 9.88 Å². The standard InChI is InChI=1S/C16H16ClN5O3/c1-21-12-4-2-3-10(17)15(12)11(20-21)9-18-13(23)5-7-22-8-6-14(24)19-16(22)25/h2-4,6,8H,5,7,9H2,1H3,(H,18,23)(H,19,24,25). The summed E-state index contributed by atoms with van der Waals surface area (Å²) in [5, 5.41) is 8.55. The monoisotopic (exact) mass is 361 g/mol. The van der Waals surface area contributed by atoms with Crippen molar-refractivity contribution in [1.82, 2.24) is 24.6 Å². The van der Waals surface area contributed by atoms with Crippen LogP contribution in [0.15, 0.2) is 40.1 Å². The van der Waals surface area contributed by atoms with Crippen LogP contribution in [0.25, 0.3) is 10.9 Å². The third-order valence-electron chi connectivity index (χ3n) is 3.83. The summed E-state index contributed by atoms with van der Waals surface area (Å²) in [6.45, 7) is 0.408. The van der Waals surface area contributed by atoms with Gasteiger partial charge in [0.2, 0.25) is 5.91 Å². The number of amides is 1. The van der Waals surface area contributed by atoms with Gasteiger partial charge in [-0.05, 0) is 12.1 Å². The molecule has 3 aromatic rings. The molecule has 130 valence electrons. The van der Waals surface area contributed by atoms with E-state index in [0.717, 1.165) is 10.9 Å². The minimum absolute atomic E-state index is 0.102. The lowest BCUT2D eigenvalue weighted by Gasteiger charge is -2.06. The molecule has 0 atom stereocenters. The number of benzene rings is 1. The van der Waals surface area contributed by atoms with Crippen LogP contribution in [0.3, 0.4) is 0 Å². The predicted octanol–water partition coefficient (Wildman–Crippen LogP) is 0.783. The zero-order valence-corrected chi connectivity index (χ0v) is 14.2. The van der Waals surface area contributed by atoms with Gasteiger partial charge in [-0.2, -0.15) is 5.10 Å². The van der Waals surface area contributed by atoms with E-state index in [1.165, 1.54) is 16.8 Å². The normalized spacial score (nSPS) is 11.0. The number of rotatable bonds is 5. The van der Waals surface area contributed by atoms with E-state index in [-0.39, 0.29) is 25.4 Å². The maximum Gasteiger partial charge on any atom is 0.328 e. The molecule has 2 aromatic heterocycles. The van der Waals surface area contributed by atoms with Crippen molar-refractivity contribution in [2.75, 3.05) is 0 Å². The first-order valence-electron chi connectivity index (χ1n) is 7.62. The summed E-state index contributed by atoms with van der Waals surface area (Å²) in [5.74, 6) is -0.232.